The Labute approximate surface area is 246 Å². The Balaban J connectivity index is 2.13. The molecule has 0 spiro atoms. The summed E-state index contributed by atoms with van der Waals surface area (Å²) in [4.78, 5) is 27.6. The first-order chi connectivity index (χ1) is 19.2. The number of anilines is 1. The van der Waals surface area contributed by atoms with E-state index in [2.05, 4.69) is 5.32 Å². The number of rotatable bonds is 10. The number of halogens is 5. The van der Waals surface area contributed by atoms with Gasteiger partial charge >= 0.3 is 6.18 Å². The second-order valence-corrected chi connectivity index (χ2v) is 11.9. The summed E-state index contributed by atoms with van der Waals surface area (Å²) in [5, 5.41) is 2.97. The van der Waals surface area contributed by atoms with Gasteiger partial charge in [-0.2, -0.15) is 13.2 Å². The second kappa shape index (κ2) is 13.1. The van der Waals surface area contributed by atoms with E-state index in [1.165, 1.54) is 54.4 Å². The van der Waals surface area contributed by atoms with Crippen LogP contribution in [-0.4, -0.2) is 44.8 Å². The molecule has 0 aliphatic heterocycles. The van der Waals surface area contributed by atoms with Crippen molar-refractivity contribution in [2.24, 2.45) is 0 Å². The van der Waals surface area contributed by atoms with Crippen molar-refractivity contribution in [1.29, 1.82) is 0 Å². The average Bonchev–Trinajstić information content (AvgIpc) is 2.93. The predicted octanol–water partition coefficient (Wildman–Crippen LogP) is 6.07. The Morgan fingerprint density at radius 1 is 0.976 bits per heavy atom. The number of amides is 2. The molecule has 220 valence electrons. The van der Waals surface area contributed by atoms with E-state index in [0.717, 1.165) is 17.7 Å². The van der Waals surface area contributed by atoms with Gasteiger partial charge < -0.3 is 10.2 Å². The van der Waals surface area contributed by atoms with Gasteiger partial charge in [0.05, 0.1) is 26.2 Å². The number of carbonyl (C=O) groups is 2. The minimum Gasteiger partial charge on any atom is -0.357 e. The lowest BCUT2D eigenvalue weighted by Gasteiger charge is -2.33. The van der Waals surface area contributed by atoms with E-state index >= 15 is 0 Å². The van der Waals surface area contributed by atoms with Crippen molar-refractivity contribution in [2.45, 2.75) is 43.9 Å². The lowest BCUT2D eigenvalue weighted by Crippen LogP contribution is -2.51. The fourth-order valence-corrected chi connectivity index (χ4v) is 5.85. The van der Waals surface area contributed by atoms with E-state index in [4.69, 9.17) is 23.2 Å². The zero-order valence-electron chi connectivity index (χ0n) is 22.4. The maximum atomic E-state index is 13.9. The molecular weight excluding hydrogens is 602 g/mol. The molecule has 7 nitrogen and oxygen atoms in total. The number of sulfonamides is 1. The number of hydrogen-bond acceptors (Lipinski definition) is 4. The first-order valence-corrected chi connectivity index (χ1v) is 14.6. The van der Waals surface area contributed by atoms with Gasteiger partial charge in [0.15, 0.2) is 0 Å². The highest BCUT2D eigenvalue weighted by atomic mass is 35.5. The predicted molar refractivity (Wildman–Crippen MR) is 152 cm³/mol. The van der Waals surface area contributed by atoms with Gasteiger partial charge in [-0.25, -0.2) is 8.42 Å². The lowest BCUT2D eigenvalue weighted by atomic mass is 10.1. The summed E-state index contributed by atoms with van der Waals surface area (Å²) in [5.74, 6) is -1.33. The fraction of sp³-hybridized carbons (Fsp3) is 0.286. The Morgan fingerprint density at radius 3 is 2.20 bits per heavy atom. The molecule has 1 atom stereocenters. The van der Waals surface area contributed by atoms with Crippen molar-refractivity contribution in [3.63, 3.8) is 0 Å². The molecular formula is C28H28Cl2F3N3O4S. The Bertz CT molecular complexity index is 1520. The molecule has 0 heterocycles. The van der Waals surface area contributed by atoms with Gasteiger partial charge in [-0.05, 0) is 61.4 Å². The van der Waals surface area contributed by atoms with Gasteiger partial charge in [0.1, 0.15) is 12.6 Å². The smallest absolute Gasteiger partial charge is 0.357 e. The summed E-state index contributed by atoms with van der Waals surface area (Å²) in [5.41, 5.74) is -0.191. The first kappa shape index (κ1) is 32.2. The summed E-state index contributed by atoms with van der Waals surface area (Å²) in [6.07, 6.45) is -4.59. The van der Waals surface area contributed by atoms with Gasteiger partial charge in [0, 0.05) is 13.6 Å². The summed E-state index contributed by atoms with van der Waals surface area (Å²) in [6, 6.07) is 13.0. The Hall–Kier alpha value is -3.28. The van der Waals surface area contributed by atoms with Gasteiger partial charge in [0.2, 0.25) is 11.8 Å². The monoisotopic (exact) mass is 629 g/mol. The van der Waals surface area contributed by atoms with Crippen LogP contribution in [-0.2, 0) is 32.3 Å². The van der Waals surface area contributed by atoms with Crippen molar-refractivity contribution in [3.8, 4) is 0 Å². The van der Waals surface area contributed by atoms with Crippen molar-refractivity contribution in [3.05, 3.63) is 93.5 Å². The molecule has 0 saturated heterocycles. The van der Waals surface area contributed by atoms with Crippen molar-refractivity contribution >= 4 is 50.7 Å². The second-order valence-electron chi connectivity index (χ2n) is 9.18. The molecule has 1 N–H and O–H groups in total. The van der Waals surface area contributed by atoms with E-state index in [1.54, 1.807) is 19.9 Å². The van der Waals surface area contributed by atoms with E-state index in [9.17, 15) is 31.2 Å². The van der Waals surface area contributed by atoms with E-state index in [1.807, 2.05) is 0 Å². The van der Waals surface area contributed by atoms with Gasteiger partial charge in [-0.1, -0.05) is 60.0 Å². The van der Waals surface area contributed by atoms with Gasteiger partial charge in [0.25, 0.3) is 10.0 Å². The maximum Gasteiger partial charge on any atom is 0.416 e. The van der Waals surface area contributed by atoms with Crippen LogP contribution in [0.2, 0.25) is 10.0 Å². The van der Waals surface area contributed by atoms with E-state index in [0.29, 0.717) is 15.9 Å². The average molecular weight is 631 g/mol. The molecule has 13 heteroatoms. The number of hydrogen-bond donors (Lipinski definition) is 1. The number of carbonyl (C=O) groups excluding carboxylic acids is 2. The van der Waals surface area contributed by atoms with Crippen molar-refractivity contribution < 1.29 is 31.2 Å². The lowest BCUT2D eigenvalue weighted by molar-refractivity contribution is -0.140. The molecule has 0 radical (unpaired) electrons. The molecule has 41 heavy (non-hydrogen) atoms. The van der Waals surface area contributed by atoms with Crippen LogP contribution in [0.25, 0.3) is 0 Å². The molecule has 0 aromatic heterocycles. The molecule has 0 aliphatic carbocycles. The topological polar surface area (TPSA) is 86.8 Å². The van der Waals surface area contributed by atoms with Crippen molar-refractivity contribution in [2.75, 3.05) is 17.9 Å². The number of likely N-dealkylation sites (N-methyl/N-ethyl adjacent to an activating group) is 1. The molecule has 0 aliphatic rings. The summed E-state index contributed by atoms with van der Waals surface area (Å²) in [6.45, 7) is 2.38. The van der Waals surface area contributed by atoms with Crippen LogP contribution in [0.5, 0.6) is 0 Å². The maximum absolute atomic E-state index is 13.9. The van der Waals surface area contributed by atoms with Crippen LogP contribution in [0.1, 0.15) is 30.0 Å². The first-order valence-electron chi connectivity index (χ1n) is 12.4. The molecule has 3 aromatic rings. The number of aryl methyl sites for hydroxylation is 1. The van der Waals surface area contributed by atoms with Crippen molar-refractivity contribution in [1.82, 2.24) is 10.2 Å². The van der Waals surface area contributed by atoms with Crippen LogP contribution in [0.3, 0.4) is 0 Å². The fourth-order valence-electron chi connectivity index (χ4n) is 4.12. The van der Waals surface area contributed by atoms with Crippen LogP contribution < -0.4 is 9.62 Å². The van der Waals surface area contributed by atoms with Gasteiger partial charge in [-0.3, -0.25) is 13.9 Å². The highest BCUT2D eigenvalue weighted by Gasteiger charge is 2.35. The van der Waals surface area contributed by atoms with Crippen LogP contribution in [0.4, 0.5) is 18.9 Å². The highest BCUT2D eigenvalue weighted by Crippen LogP contribution is 2.33. The minimum absolute atomic E-state index is 0.150. The number of benzene rings is 3. The summed E-state index contributed by atoms with van der Waals surface area (Å²) >= 11 is 12.2. The molecule has 0 fully saturated rings. The SMILES string of the molecule is CC[C@H](C(=O)NC)N(Cc1ccc(Cl)c(Cl)c1)C(=O)CN(c1cccc(C(F)(F)F)c1)S(=O)(=O)c1ccc(C)cc1. The third kappa shape index (κ3) is 7.72. The number of nitrogens with zero attached hydrogens (tertiary/aromatic N) is 2. The third-order valence-corrected chi connectivity index (χ3v) is 8.85. The Morgan fingerprint density at radius 2 is 1.63 bits per heavy atom. The zero-order chi connectivity index (χ0) is 30.5. The number of nitrogens with one attached hydrogen (secondary N) is 1. The number of alkyl halides is 3. The van der Waals surface area contributed by atoms with Crippen LogP contribution in [0, 0.1) is 6.92 Å². The highest BCUT2D eigenvalue weighted by molar-refractivity contribution is 7.92. The van der Waals surface area contributed by atoms with E-state index < -0.39 is 46.2 Å². The summed E-state index contributed by atoms with van der Waals surface area (Å²) in [7, 11) is -3.13. The van der Waals surface area contributed by atoms with Crippen LogP contribution >= 0.6 is 23.2 Å². The zero-order valence-corrected chi connectivity index (χ0v) is 24.7. The molecule has 0 unspecified atom stereocenters. The normalized spacial score (nSPS) is 12.5. The standard InChI is InChI=1S/C28H28Cl2F3N3O4S/c1-4-25(27(38)34-3)35(16-19-10-13-23(29)24(30)14-19)26(37)17-36(21-7-5-6-20(15-21)28(31,32)33)41(39,40)22-11-8-18(2)9-12-22/h5-15,25H,4,16-17H2,1-3H3,(H,34,38)/t25-/m1/s1. The van der Waals surface area contributed by atoms with Crippen LogP contribution in [0.15, 0.2) is 71.6 Å². The summed E-state index contributed by atoms with van der Waals surface area (Å²) < 4.78 is 68.9. The minimum atomic E-state index is -4.76. The molecule has 3 rings (SSSR count). The van der Waals surface area contributed by atoms with Gasteiger partial charge in [-0.15, -0.1) is 0 Å². The van der Waals surface area contributed by atoms with E-state index in [-0.39, 0.29) is 33.6 Å². The molecule has 0 bridgehead atoms. The largest absolute Gasteiger partial charge is 0.416 e. The molecule has 2 amide bonds. The Kier molecular flexibility index (Phi) is 10.3. The molecule has 3 aromatic carbocycles. The third-order valence-electron chi connectivity index (χ3n) is 6.32. The molecule has 0 saturated carbocycles. The quantitative estimate of drug-likeness (QED) is 0.295.